The Bertz CT molecular complexity index is 580. The largest absolute Gasteiger partial charge is 0.494 e. The molecule has 0 saturated carbocycles. The summed E-state index contributed by atoms with van der Waals surface area (Å²) in [6, 6.07) is 8.14. The molecule has 2 aromatic rings. The minimum absolute atomic E-state index is 0.587. The standard InChI is InChI=1S/C17H22ClNOS/c1-4-5-9-20-14-8-6-7-13(11-14)16-15(10-12(2)3)21-17(18)19-16/h6-8,11-12H,4-5,9-10H2,1-3H3. The number of hydrogen-bond acceptors (Lipinski definition) is 3. The van der Waals surface area contributed by atoms with E-state index in [2.05, 4.69) is 37.9 Å². The van der Waals surface area contributed by atoms with Gasteiger partial charge in [0, 0.05) is 10.4 Å². The van der Waals surface area contributed by atoms with Crippen molar-refractivity contribution in [1.29, 1.82) is 0 Å². The van der Waals surface area contributed by atoms with Crippen LogP contribution >= 0.6 is 22.9 Å². The molecule has 0 atom stereocenters. The second kappa shape index (κ2) is 7.81. The summed E-state index contributed by atoms with van der Waals surface area (Å²) in [5, 5.41) is 0. The number of aromatic nitrogens is 1. The van der Waals surface area contributed by atoms with E-state index in [1.165, 1.54) is 4.88 Å². The molecule has 0 spiro atoms. The van der Waals surface area contributed by atoms with Crippen LogP contribution < -0.4 is 4.74 Å². The maximum Gasteiger partial charge on any atom is 0.184 e. The second-order valence-corrected chi connectivity index (χ2v) is 7.23. The molecule has 2 rings (SSSR count). The number of ether oxygens (including phenoxy) is 1. The molecular weight excluding hydrogens is 302 g/mol. The van der Waals surface area contributed by atoms with Gasteiger partial charge in [-0.1, -0.05) is 50.9 Å². The number of halogens is 1. The Morgan fingerprint density at radius 2 is 2.14 bits per heavy atom. The van der Waals surface area contributed by atoms with E-state index in [4.69, 9.17) is 16.3 Å². The third-order valence-electron chi connectivity index (χ3n) is 3.14. The van der Waals surface area contributed by atoms with Crippen molar-refractivity contribution in [1.82, 2.24) is 4.98 Å². The zero-order valence-electron chi connectivity index (χ0n) is 12.9. The Morgan fingerprint density at radius 1 is 1.33 bits per heavy atom. The molecule has 1 heterocycles. The lowest BCUT2D eigenvalue weighted by Gasteiger charge is -2.08. The first-order valence-corrected chi connectivity index (χ1v) is 8.68. The molecule has 4 heteroatoms. The third kappa shape index (κ3) is 4.72. The maximum atomic E-state index is 6.12. The second-order valence-electron chi connectivity index (χ2n) is 5.57. The van der Waals surface area contributed by atoms with Gasteiger partial charge in [-0.2, -0.15) is 0 Å². The van der Waals surface area contributed by atoms with E-state index in [0.29, 0.717) is 10.4 Å². The van der Waals surface area contributed by atoms with Crippen LogP contribution in [0.4, 0.5) is 0 Å². The summed E-state index contributed by atoms with van der Waals surface area (Å²) >= 11 is 7.70. The number of nitrogens with zero attached hydrogens (tertiary/aromatic N) is 1. The van der Waals surface area contributed by atoms with Crippen LogP contribution in [0.15, 0.2) is 24.3 Å². The molecule has 0 bridgehead atoms. The van der Waals surface area contributed by atoms with Gasteiger partial charge in [0.2, 0.25) is 0 Å². The van der Waals surface area contributed by atoms with Gasteiger partial charge in [0.1, 0.15) is 5.75 Å². The van der Waals surface area contributed by atoms with Gasteiger partial charge in [0.15, 0.2) is 4.47 Å². The molecule has 0 aliphatic carbocycles. The van der Waals surface area contributed by atoms with Crippen LogP contribution in [-0.2, 0) is 6.42 Å². The van der Waals surface area contributed by atoms with Gasteiger partial charge < -0.3 is 4.74 Å². The van der Waals surface area contributed by atoms with Crippen LogP contribution in [0.5, 0.6) is 5.75 Å². The molecule has 0 amide bonds. The summed E-state index contributed by atoms with van der Waals surface area (Å²) in [6.45, 7) is 7.34. The maximum absolute atomic E-state index is 6.12. The lowest BCUT2D eigenvalue weighted by Crippen LogP contribution is -1.97. The lowest BCUT2D eigenvalue weighted by molar-refractivity contribution is 0.309. The SMILES string of the molecule is CCCCOc1cccc(-c2nc(Cl)sc2CC(C)C)c1. The first kappa shape index (κ1) is 16.3. The summed E-state index contributed by atoms with van der Waals surface area (Å²) in [7, 11) is 0. The Labute approximate surface area is 136 Å². The van der Waals surface area contributed by atoms with Crippen molar-refractivity contribution in [2.24, 2.45) is 5.92 Å². The quantitative estimate of drug-likeness (QED) is 0.597. The van der Waals surface area contributed by atoms with Gasteiger partial charge in [-0.05, 0) is 30.9 Å². The average molecular weight is 324 g/mol. The molecule has 0 radical (unpaired) electrons. The summed E-state index contributed by atoms with van der Waals surface area (Å²) in [6.07, 6.45) is 3.21. The summed E-state index contributed by atoms with van der Waals surface area (Å²) in [5.74, 6) is 1.49. The van der Waals surface area contributed by atoms with Gasteiger partial charge in [-0.15, -0.1) is 11.3 Å². The van der Waals surface area contributed by atoms with Crippen molar-refractivity contribution in [3.8, 4) is 17.0 Å². The molecule has 0 N–H and O–H groups in total. The van der Waals surface area contributed by atoms with E-state index < -0.39 is 0 Å². The van der Waals surface area contributed by atoms with Crippen LogP contribution in [0.25, 0.3) is 11.3 Å². The third-order valence-corrected chi connectivity index (χ3v) is 4.32. The van der Waals surface area contributed by atoms with Crippen molar-refractivity contribution < 1.29 is 4.74 Å². The first-order chi connectivity index (χ1) is 10.1. The smallest absolute Gasteiger partial charge is 0.184 e. The van der Waals surface area contributed by atoms with Crippen LogP contribution in [0, 0.1) is 5.92 Å². The van der Waals surface area contributed by atoms with E-state index >= 15 is 0 Å². The van der Waals surface area contributed by atoms with Crippen molar-refractivity contribution in [2.45, 2.75) is 40.0 Å². The Morgan fingerprint density at radius 3 is 2.86 bits per heavy atom. The fourth-order valence-corrected chi connectivity index (χ4v) is 3.51. The Kier molecular flexibility index (Phi) is 6.07. The fraction of sp³-hybridized carbons (Fsp3) is 0.471. The number of thiazole rings is 1. The van der Waals surface area contributed by atoms with Crippen molar-refractivity contribution in [3.63, 3.8) is 0 Å². The number of hydrogen-bond donors (Lipinski definition) is 0. The molecule has 0 aliphatic heterocycles. The predicted molar refractivity (Wildman–Crippen MR) is 91.5 cm³/mol. The number of benzene rings is 1. The molecule has 0 unspecified atom stereocenters. The molecule has 2 nitrogen and oxygen atoms in total. The zero-order valence-corrected chi connectivity index (χ0v) is 14.4. The fourth-order valence-electron chi connectivity index (χ4n) is 2.13. The van der Waals surface area contributed by atoms with E-state index in [9.17, 15) is 0 Å². The molecule has 1 aromatic heterocycles. The molecule has 0 saturated heterocycles. The van der Waals surface area contributed by atoms with Gasteiger partial charge in [0.05, 0.1) is 12.3 Å². The van der Waals surface area contributed by atoms with E-state index in [1.807, 2.05) is 12.1 Å². The van der Waals surface area contributed by atoms with Crippen molar-refractivity contribution in [3.05, 3.63) is 33.6 Å². The highest BCUT2D eigenvalue weighted by Gasteiger charge is 2.14. The molecular formula is C17H22ClNOS. The normalized spacial score (nSPS) is 11.1. The summed E-state index contributed by atoms with van der Waals surface area (Å²) in [4.78, 5) is 5.75. The summed E-state index contributed by atoms with van der Waals surface area (Å²) < 4.78 is 6.39. The van der Waals surface area contributed by atoms with E-state index in [-0.39, 0.29) is 0 Å². The zero-order chi connectivity index (χ0) is 15.2. The topological polar surface area (TPSA) is 22.1 Å². The first-order valence-electron chi connectivity index (χ1n) is 7.48. The van der Waals surface area contributed by atoms with Crippen LogP contribution in [0.3, 0.4) is 0 Å². The molecule has 0 fully saturated rings. The van der Waals surface area contributed by atoms with Gasteiger partial charge in [-0.3, -0.25) is 0 Å². The lowest BCUT2D eigenvalue weighted by atomic mass is 10.0. The van der Waals surface area contributed by atoms with Crippen molar-refractivity contribution >= 4 is 22.9 Å². The highest BCUT2D eigenvalue weighted by atomic mass is 35.5. The van der Waals surface area contributed by atoms with Crippen molar-refractivity contribution in [2.75, 3.05) is 6.61 Å². The van der Waals surface area contributed by atoms with Crippen LogP contribution in [-0.4, -0.2) is 11.6 Å². The minimum atomic E-state index is 0.587. The van der Waals surface area contributed by atoms with E-state index in [1.54, 1.807) is 11.3 Å². The highest BCUT2D eigenvalue weighted by Crippen LogP contribution is 2.34. The molecule has 0 aliphatic rings. The van der Waals surface area contributed by atoms with Gasteiger partial charge in [-0.25, -0.2) is 4.98 Å². The van der Waals surface area contributed by atoms with Crippen LogP contribution in [0.1, 0.15) is 38.5 Å². The molecule has 114 valence electrons. The van der Waals surface area contributed by atoms with E-state index in [0.717, 1.165) is 42.9 Å². The minimum Gasteiger partial charge on any atom is -0.494 e. The molecule has 1 aromatic carbocycles. The highest BCUT2D eigenvalue weighted by molar-refractivity contribution is 7.16. The van der Waals surface area contributed by atoms with Gasteiger partial charge >= 0.3 is 0 Å². The number of rotatable bonds is 7. The number of unbranched alkanes of at least 4 members (excludes halogenated alkanes) is 1. The predicted octanol–water partition coefficient (Wildman–Crippen LogP) is 5.84. The Hall–Kier alpha value is -1.06. The van der Waals surface area contributed by atoms with Gasteiger partial charge in [0.25, 0.3) is 0 Å². The average Bonchev–Trinajstić information content (AvgIpc) is 2.79. The summed E-state index contributed by atoms with van der Waals surface area (Å²) in [5.41, 5.74) is 2.09. The Balaban J connectivity index is 2.23. The molecule has 21 heavy (non-hydrogen) atoms. The van der Waals surface area contributed by atoms with Crippen LogP contribution in [0.2, 0.25) is 4.47 Å². The monoisotopic (exact) mass is 323 g/mol.